The van der Waals surface area contributed by atoms with Crippen molar-refractivity contribution in [3.8, 4) is 0 Å². The number of cyclic esters (lactones) is 1. The number of aliphatic hydroxyl groups excluding tert-OH is 1. The third kappa shape index (κ3) is 9.27. The molecule has 4 rings (SSSR count). The zero-order chi connectivity index (χ0) is 40.3. The summed E-state index contributed by atoms with van der Waals surface area (Å²) in [6.07, 6.45) is -7.09. The SMILES string of the molecule is CC[C@H]1OC(=O)[C@H](C)[C@H](OC(=O)CC(N)c2ccccc2)[C@H](C)[C@@H](O[C@@H]2O[C@H](C)C[C@H](N(C)C)[C@H]2O)[C@@](C)(OC)C[C@@H](C)C(=O)[C@H](C)[C@H]2OC(=O)O[C@@]21C. The minimum atomic E-state index is -1.50. The van der Waals surface area contributed by atoms with E-state index in [1.54, 1.807) is 48.5 Å². The van der Waals surface area contributed by atoms with Crippen LogP contribution in [-0.2, 0) is 47.5 Å². The van der Waals surface area contributed by atoms with Crippen LogP contribution < -0.4 is 5.73 Å². The van der Waals surface area contributed by atoms with E-state index in [9.17, 15) is 24.3 Å². The number of hydrogen-bond donors (Lipinski definition) is 2. The van der Waals surface area contributed by atoms with Crippen LogP contribution in [0.5, 0.6) is 0 Å². The number of likely N-dealkylation sites (N-methyl/N-ethyl adjacent to an activating group) is 1. The number of nitrogens with zero attached hydrogens (tertiary/aromatic N) is 1. The van der Waals surface area contributed by atoms with E-state index in [1.165, 1.54) is 7.11 Å². The molecule has 0 aromatic heterocycles. The molecule has 15 atom stereocenters. The summed E-state index contributed by atoms with van der Waals surface area (Å²) >= 11 is 0. The van der Waals surface area contributed by atoms with Gasteiger partial charge in [0.1, 0.15) is 24.1 Å². The fourth-order valence-electron chi connectivity index (χ4n) is 8.60. The van der Waals surface area contributed by atoms with E-state index in [4.69, 9.17) is 38.9 Å². The maximum atomic E-state index is 14.3. The standard InChI is InChI=1S/C40H62N2O12/c1-12-29-40(8)35(53-38(47)54-40)23(4)31(44)21(2)20-39(7,48-11)34(52-37-32(45)28(42(9)10)18-22(3)49-37)24(5)33(25(6)36(46)50-29)51-30(43)19-27(41)26-16-14-13-15-17-26/h13-17,21-25,27-29,32-35,37,45H,12,18-20,41H2,1-11H3/t21-,22-,23+,24+,25-,27?,28+,29-,32-,33-,34-,35-,37+,39+,40-/m1/s1. The lowest BCUT2D eigenvalue weighted by Crippen LogP contribution is -2.60. The molecule has 0 amide bonds. The molecule has 3 N–H and O–H groups in total. The number of rotatable bonds is 9. The van der Waals surface area contributed by atoms with Crippen LogP contribution in [0.25, 0.3) is 0 Å². The number of Topliss-reactive ketones (excluding diaryl/α,β-unsaturated/α-hetero) is 1. The van der Waals surface area contributed by atoms with E-state index < -0.39 is 95.8 Å². The maximum Gasteiger partial charge on any atom is 0.509 e. The van der Waals surface area contributed by atoms with Crippen LogP contribution in [0.15, 0.2) is 30.3 Å². The number of benzene rings is 1. The fourth-order valence-corrected chi connectivity index (χ4v) is 8.60. The molecule has 3 fully saturated rings. The number of aliphatic hydroxyl groups is 1. The highest BCUT2D eigenvalue weighted by Gasteiger charge is 2.59. The lowest BCUT2D eigenvalue weighted by atomic mass is 9.74. The van der Waals surface area contributed by atoms with Crippen LogP contribution >= 0.6 is 0 Å². The van der Waals surface area contributed by atoms with Gasteiger partial charge in [0.2, 0.25) is 0 Å². The van der Waals surface area contributed by atoms with Gasteiger partial charge in [0, 0.05) is 31.0 Å². The van der Waals surface area contributed by atoms with Gasteiger partial charge in [-0.3, -0.25) is 14.4 Å². The lowest BCUT2D eigenvalue weighted by Gasteiger charge is -2.48. The van der Waals surface area contributed by atoms with Gasteiger partial charge in [0.25, 0.3) is 0 Å². The number of ether oxygens (including phenoxy) is 7. The Labute approximate surface area is 319 Å². The van der Waals surface area contributed by atoms with Crippen LogP contribution in [0.2, 0.25) is 0 Å². The Kier molecular flexibility index (Phi) is 14.3. The van der Waals surface area contributed by atoms with Crippen molar-refractivity contribution in [2.24, 2.45) is 29.4 Å². The van der Waals surface area contributed by atoms with E-state index in [0.29, 0.717) is 6.42 Å². The average molecular weight is 763 g/mol. The maximum absolute atomic E-state index is 14.3. The van der Waals surface area contributed by atoms with Crippen LogP contribution in [0.4, 0.5) is 4.79 Å². The summed E-state index contributed by atoms with van der Waals surface area (Å²) in [5.74, 6) is -5.08. The van der Waals surface area contributed by atoms with Crippen molar-refractivity contribution in [2.75, 3.05) is 21.2 Å². The predicted molar refractivity (Wildman–Crippen MR) is 197 cm³/mol. The Bertz CT molecular complexity index is 1460. The normalized spacial score (nSPS) is 40.1. The molecule has 0 bridgehead atoms. The largest absolute Gasteiger partial charge is 0.509 e. The molecule has 0 saturated carbocycles. The summed E-state index contributed by atoms with van der Waals surface area (Å²) in [5.41, 5.74) is 4.38. The van der Waals surface area contributed by atoms with Gasteiger partial charge in [0.15, 0.2) is 18.0 Å². The summed E-state index contributed by atoms with van der Waals surface area (Å²) in [6.45, 7) is 13.8. The molecule has 0 aliphatic carbocycles. The first-order valence-corrected chi connectivity index (χ1v) is 19.1. The van der Waals surface area contributed by atoms with Crippen LogP contribution in [0.1, 0.15) is 92.7 Å². The van der Waals surface area contributed by atoms with Crippen LogP contribution in [0, 0.1) is 23.7 Å². The number of methoxy groups -OCH3 is 1. The zero-order valence-corrected chi connectivity index (χ0v) is 33.7. The molecule has 0 radical (unpaired) electrons. The van der Waals surface area contributed by atoms with Gasteiger partial charge in [-0.25, -0.2) is 4.79 Å². The van der Waals surface area contributed by atoms with E-state index in [1.807, 2.05) is 56.3 Å². The number of carbonyl (C=O) groups is 4. The van der Waals surface area contributed by atoms with Crippen LogP contribution in [-0.4, -0.2) is 115 Å². The third-order valence-corrected chi connectivity index (χ3v) is 11.8. The second-order valence-corrected chi connectivity index (χ2v) is 16.2. The van der Waals surface area contributed by atoms with Crippen molar-refractivity contribution in [1.82, 2.24) is 4.90 Å². The van der Waals surface area contributed by atoms with Crippen molar-refractivity contribution in [1.29, 1.82) is 0 Å². The zero-order valence-electron chi connectivity index (χ0n) is 33.7. The molecule has 1 unspecified atom stereocenters. The number of nitrogens with two attached hydrogens (primary N) is 1. The minimum absolute atomic E-state index is 0.102. The van der Waals surface area contributed by atoms with Crippen molar-refractivity contribution < 1.29 is 57.4 Å². The predicted octanol–water partition coefficient (Wildman–Crippen LogP) is 4.34. The fraction of sp³-hybridized carbons (Fsp3) is 0.750. The van der Waals surface area contributed by atoms with Gasteiger partial charge in [-0.05, 0) is 66.6 Å². The highest BCUT2D eigenvalue weighted by Crippen LogP contribution is 2.43. The molecule has 1 aromatic carbocycles. The molecule has 14 heteroatoms. The smallest absolute Gasteiger partial charge is 0.461 e. The second kappa shape index (κ2) is 17.8. The molecule has 1 aromatic rings. The Morgan fingerprint density at radius 2 is 1.69 bits per heavy atom. The van der Waals surface area contributed by atoms with Gasteiger partial charge in [-0.2, -0.15) is 0 Å². The Morgan fingerprint density at radius 3 is 2.28 bits per heavy atom. The van der Waals surface area contributed by atoms with Gasteiger partial charge in [-0.15, -0.1) is 0 Å². The third-order valence-electron chi connectivity index (χ3n) is 11.8. The molecule has 0 spiro atoms. The molecule has 3 aliphatic heterocycles. The number of fused-ring (bicyclic) bond motifs is 1. The van der Waals surface area contributed by atoms with Gasteiger partial charge >= 0.3 is 18.1 Å². The summed E-state index contributed by atoms with van der Waals surface area (Å²) in [7, 11) is 5.22. The summed E-state index contributed by atoms with van der Waals surface area (Å²) in [6, 6.07) is 8.13. The first kappa shape index (κ1) is 43.6. The van der Waals surface area contributed by atoms with Crippen LogP contribution in [0.3, 0.4) is 0 Å². The Morgan fingerprint density at radius 1 is 1.04 bits per heavy atom. The van der Waals surface area contributed by atoms with E-state index in [-0.39, 0.29) is 37.2 Å². The molecule has 54 heavy (non-hydrogen) atoms. The average Bonchev–Trinajstić information content (AvgIpc) is 3.45. The van der Waals surface area contributed by atoms with Crippen molar-refractivity contribution in [3.63, 3.8) is 0 Å². The molecular formula is C40H62N2O12. The quantitative estimate of drug-likeness (QED) is 0.268. The minimum Gasteiger partial charge on any atom is -0.461 e. The monoisotopic (exact) mass is 762 g/mol. The van der Waals surface area contributed by atoms with Gasteiger partial charge in [0.05, 0.1) is 36.1 Å². The highest BCUT2D eigenvalue weighted by atomic mass is 16.8. The number of carbonyl (C=O) groups excluding carboxylic acids is 4. The summed E-state index contributed by atoms with van der Waals surface area (Å²) < 4.78 is 42.9. The second-order valence-electron chi connectivity index (χ2n) is 16.2. The molecule has 3 saturated heterocycles. The number of hydrogen-bond acceptors (Lipinski definition) is 14. The first-order chi connectivity index (χ1) is 25.3. The van der Waals surface area contributed by atoms with Gasteiger partial charge < -0.3 is 48.9 Å². The molecule has 3 heterocycles. The molecule has 3 aliphatic rings. The molecule has 14 nitrogen and oxygen atoms in total. The number of ketones is 1. The van der Waals surface area contributed by atoms with E-state index in [0.717, 1.165) is 5.56 Å². The first-order valence-electron chi connectivity index (χ1n) is 19.1. The topological polar surface area (TPSA) is 182 Å². The summed E-state index contributed by atoms with van der Waals surface area (Å²) in [5, 5.41) is 11.6. The van der Waals surface area contributed by atoms with Crippen molar-refractivity contribution in [3.05, 3.63) is 35.9 Å². The Balaban J connectivity index is 1.83. The Hall–Kier alpha value is -3.14. The summed E-state index contributed by atoms with van der Waals surface area (Å²) in [4.78, 5) is 56.9. The van der Waals surface area contributed by atoms with Gasteiger partial charge in [-0.1, -0.05) is 58.0 Å². The molecular weight excluding hydrogens is 700 g/mol. The van der Waals surface area contributed by atoms with E-state index >= 15 is 0 Å². The highest BCUT2D eigenvalue weighted by molar-refractivity contribution is 5.84. The van der Waals surface area contributed by atoms with E-state index in [2.05, 4.69) is 0 Å². The number of esters is 2. The lowest BCUT2D eigenvalue weighted by molar-refractivity contribution is -0.301. The van der Waals surface area contributed by atoms with Crippen molar-refractivity contribution in [2.45, 2.75) is 147 Å². The van der Waals surface area contributed by atoms with Crippen molar-refractivity contribution >= 4 is 23.9 Å². The molecule has 304 valence electrons.